The molecule has 0 nitrogen and oxygen atoms in total. The van der Waals surface area contributed by atoms with Gasteiger partial charge in [0, 0.05) is 0 Å². The van der Waals surface area contributed by atoms with E-state index in [-0.39, 0.29) is 0 Å². The SMILES string of the molecule is c1ccc(-c2cc(-c3ccc4ccccc4c3)c3ccc4c(-c5ccc6ccccc6c5)cc(-c5ccc6ccccc6c5)c5ccc2c3c54)cc1. The van der Waals surface area contributed by atoms with Crippen LogP contribution in [0.25, 0.3) is 109 Å². The van der Waals surface area contributed by atoms with Gasteiger partial charge in [0.1, 0.15) is 0 Å². The van der Waals surface area contributed by atoms with Gasteiger partial charge in [-0.05, 0) is 139 Å². The van der Waals surface area contributed by atoms with Crippen LogP contribution in [-0.4, -0.2) is 0 Å². The van der Waals surface area contributed by atoms with Crippen LogP contribution < -0.4 is 0 Å². The molecular weight excluding hydrogens is 625 g/mol. The van der Waals surface area contributed by atoms with Crippen LogP contribution in [0.3, 0.4) is 0 Å². The fourth-order valence-corrected chi connectivity index (χ4v) is 8.64. The predicted molar refractivity (Wildman–Crippen MR) is 224 cm³/mol. The van der Waals surface area contributed by atoms with Gasteiger partial charge in [-0.1, -0.05) is 164 Å². The lowest BCUT2D eigenvalue weighted by Gasteiger charge is -2.22. The third kappa shape index (κ3) is 4.48. The second kappa shape index (κ2) is 11.4. The molecule has 0 heteroatoms. The van der Waals surface area contributed by atoms with E-state index in [1.54, 1.807) is 0 Å². The molecule has 0 aliphatic rings. The average molecular weight is 657 g/mol. The van der Waals surface area contributed by atoms with Crippen molar-refractivity contribution in [3.63, 3.8) is 0 Å². The topological polar surface area (TPSA) is 0 Å². The maximum atomic E-state index is 2.44. The van der Waals surface area contributed by atoms with Crippen LogP contribution in [0.15, 0.2) is 194 Å². The van der Waals surface area contributed by atoms with Gasteiger partial charge in [-0.25, -0.2) is 0 Å². The maximum absolute atomic E-state index is 2.44. The Morgan fingerprint density at radius 3 is 0.865 bits per heavy atom. The minimum Gasteiger partial charge on any atom is -0.0622 e. The fraction of sp³-hybridized carbons (Fsp3) is 0. The minimum absolute atomic E-state index is 1.23. The summed E-state index contributed by atoms with van der Waals surface area (Å²) in [5, 5.41) is 15.3. The number of hydrogen-bond acceptors (Lipinski definition) is 0. The van der Waals surface area contributed by atoms with Gasteiger partial charge in [-0.15, -0.1) is 0 Å². The molecule has 240 valence electrons. The summed E-state index contributed by atoms with van der Waals surface area (Å²) in [5.74, 6) is 0. The Labute approximate surface area is 302 Å². The zero-order chi connectivity index (χ0) is 34.2. The fourth-order valence-electron chi connectivity index (χ4n) is 8.64. The van der Waals surface area contributed by atoms with Gasteiger partial charge in [0.2, 0.25) is 0 Å². The highest BCUT2D eigenvalue weighted by molar-refractivity contribution is 6.32. The molecule has 11 aromatic carbocycles. The van der Waals surface area contributed by atoms with E-state index in [4.69, 9.17) is 0 Å². The third-order valence-corrected chi connectivity index (χ3v) is 11.2. The van der Waals surface area contributed by atoms with Gasteiger partial charge >= 0.3 is 0 Å². The van der Waals surface area contributed by atoms with Crippen molar-refractivity contribution in [1.29, 1.82) is 0 Å². The van der Waals surface area contributed by atoms with Crippen LogP contribution >= 0.6 is 0 Å². The highest BCUT2D eigenvalue weighted by atomic mass is 14.2. The summed E-state index contributed by atoms with van der Waals surface area (Å²) < 4.78 is 0. The second-order valence-electron chi connectivity index (χ2n) is 14.1. The molecule has 11 aromatic rings. The molecule has 0 atom stereocenters. The molecule has 0 aliphatic carbocycles. The van der Waals surface area contributed by atoms with Crippen molar-refractivity contribution in [2.75, 3.05) is 0 Å². The summed E-state index contributed by atoms with van der Waals surface area (Å²) in [6.45, 7) is 0. The van der Waals surface area contributed by atoms with Gasteiger partial charge in [-0.2, -0.15) is 0 Å². The molecule has 0 unspecified atom stereocenters. The lowest BCUT2D eigenvalue weighted by molar-refractivity contribution is 1.64. The summed E-state index contributed by atoms with van der Waals surface area (Å²) in [4.78, 5) is 0. The van der Waals surface area contributed by atoms with E-state index in [1.165, 1.54) is 109 Å². The smallest absolute Gasteiger partial charge is 0.00139 e. The van der Waals surface area contributed by atoms with Crippen LogP contribution in [0.4, 0.5) is 0 Å². The molecule has 0 amide bonds. The summed E-state index contributed by atoms with van der Waals surface area (Å²) >= 11 is 0. The van der Waals surface area contributed by atoms with Crippen molar-refractivity contribution in [3.8, 4) is 44.5 Å². The van der Waals surface area contributed by atoms with E-state index in [2.05, 4.69) is 194 Å². The van der Waals surface area contributed by atoms with Crippen LogP contribution in [0.2, 0.25) is 0 Å². The molecule has 0 N–H and O–H groups in total. The first-order valence-corrected chi connectivity index (χ1v) is 18.1. The van der Waals surface area contributed by atoms with Crippen molar-refractivity contribution in [2.24, 2.45) is 0 Å². The first-order valence-electron chi connectivity index (χ1n) is 18.1. The van der Waals surface area contributed by atoms with E-state index < -0.39 is 0 Å². The number of fused-ring (bicyclic) bond motifs is 3. The first-order chi connectivity index (χ1) is 25.8. The van der Waals surface area contributed by atoms with E-state index in [0.29, 0.717) is 0 Å². The number of benzene rings is 11. The Balaban J connectivity index is 1.30. The van der Waals surface area contributed by atoms with Crippen molar-refractivity contribution in [1.82, 2.24) is 0 Å². The zero-order valence-corrected chi connectivity index (χ0v) is 28.5. The Kier molecular flexibility index (Phi) is 6.35. The highest BCUT2D eigenvalue weighted by Gasteiger charge is 2.21. The molecule has 0 aliphatic heterocycles. The summed E-state index contributed by atoms with van der Waals surface area (Å²) in [7, 11) is 0. The molecule has 0 aromatic heterocycles. The van der Waals surface area contributed by atoms with Crippen LogP contribution in [-0.2, 0) is 0 Å². The Hall–Kier alpha value is -6.76. The molecule has 0 saturated heterocycles. The standard InChI is InChI=1S/C52H32/c1-2-13-36(14-3-1)47-31-48(40-21-18-33-10-4-7-15-37(33)28-40)44-26-27-46-50(42-23-20-35-12-6-9-17-39(35)30-42)32-49(45-25-24-43(47)51(44)52(45)46)41-22-19-34-11-5-8-16-38(34)29-41/h1-32H. The van der Waals surface area contributed by atoms with Gasteiger partial charge in [0.25, 0.3) is 0 Å². The van der Waals surface area contributed by atoms with Crippen LogP contribution in [0.5, 0.6) is 0 Å². The first kappa shape index (κ1) is 29.0. The van der Waals surface area contributed by atoms with Gasteiger partial charge < -0.3 is 0 Å². The Morgan fingerprint density at radius 2 is 0.500 bits per heavy atom. The molecule has 0 spiro atoms. The van der Waals surface area contributed by atoms with Gasteiger partial charge in [0.15, 0.2) is 0 Å². The summed E-state index contributed by atoms with van der Waals surface area (Å²) in [6.07, 6.45) is 0. The van der Waals surface area contributed by atoms with Crippen LogP contribution in [0, 0.1) is 0 Å². The van der Waals surface area contributed by atoms with Crippen molar-refractivity contribution >= 4 is 64.6 Å². The van der Waals surface area contributed by atoms with Crippen LogP contribution in [0.1, 0.15) is 0 Å². The lowest BCUT2D eigenvalue weighted by atomic mass is 9.81. The van der Waals surface area contributed by atoms with Crippen molar-refractivity contribution in [3.05, 3.63) is 194 Å². The molecule has 0 saturated carbocycles. The van der Waals surface area contributed by atoms with E-state index >= 15 is 0 Å². The number of hydrogen-bond donors (Lipinski definition) is 0. The van der Waals surface area contributed by atoms with Crippen molar-refractivity contribution in [2.45, 2.75) is 0 Å². The Morgan fingerprint density at radius 1 is 0.192 bits per heavy atom. The van der Waals surface area contributed by atoms with Gasteiger partial charge in [0.05, 0.1) is 0 Å². The van der Waals surface area contributed by atoms with E-state index in [0.717, 1.165) is 0 Å². The van der Waals surface area contributed by atoms with E-state index in [9.17, 15) is 0 Å². The largest absolute Gasteiger partial charge is 0.0622 e. The maximum Gasteiger partial charge on any atom is -0.00139 e. The zero-order valence-electron chi connectivity index (χ0n) is 28.5. The normalized spacial score (nSPS) is 11.8. The van der Waals surface area contributed by atoms with Gasteiger partial charge in [-0.3, -0.25) is 0 Å². The average Bonchev–Trinajstić information content (AvgIpc) is 3.22. The molecule has 11 rings (SSSR count). The Bertz CT molecular complexity index is 3070. The predicted octanol–water partition coefficient (Wildman–Crippen LogP) is 14.7. The molecule has 0 heterocycles. The minimum atomic E-state index is 1.23. The molecule has 0 bridgehead atoms. The summed E-state index contributed by atoms with van der Waals surface area (Å²) in [6, 6.07) is 72.1. The highest BCUT2D eigenvalue weighted by Crippen LogP contribution is 2.49. The molecule has 52 heavy (non-hydrogen) atoms. The molecule has 0 radical (unpaired) electrons. The van der Waals surface area contributed by atoms with Crippen molar-refractivity contribution < 1.29 is 0 Å². The number of rotatable bonds is 4. The molecular formula is C52H32. The van der Waals surface area contributed by atoms with E-state index in [1.807, 2.05) is 0 Å². The summed E-state index contributed by atoms with van der Waals surface area (Å²) in [5.41, 5.74) is 9.96. The monoisotopic (exact) mass is 656 g/mol. The molecule has 0 fully saturated rings. The second-order valence-corrected chi connectivity index (χ2v) is 14.1. The third-order valence-electron chi connectivity index (χ3n) is 11.2. The quantitative estimate of drug-likeness (QED) is 0.165. The lowest BCUT2D eigenvalue weighted by Crippen LogP contribution is -1.94.